The molecular formula is C10H11Cl2NOS. The van der Waals surface area contributed by atoms with Gasteiger partial charge in [-0.1, -0.05) is 11.6 Å². The molecule has 1 aliphatic carbocycles. The summed E-state index contributed by atoms with van der Waals surface area (Å²) in [4.78, 5) is 12.4. The molecule has 1 aromatic heterocycles. The van der Waals surface area contributed by atoms with Gasteiger partial charge in [0.2, 0.25) is 0 Å². The second-order valence-electron chi connectivity index (χ2n) is 3.63. The van der Waals surface area contributed by atoms with Gasteiger partial charge in [0.15, 0.2) is 0 Å². The van der Waals surface area contributed by atoms with Crippen LogP contribution in [-0.4, -0.2) is 17.3 Å². The van der Waals surface area contributed by atoms with Gasteiger partial charge < -0.3 is 5.32 Å². The van der Waals surface area contributed by atoms with Crippen LogP contribution in [0, 0.1) is 0 Å². The Hall–Kier alpha value is -0.250. The number of alkyl halides is 1. The number of amides is 1. The van der Waals surface area contributed by atoms with Crippen molar-refractivity contribution in [1.82, 2.24) is 5.32 Å². The summed E-state index contributed by atoms with van der Waals surface area (Å²) < 4.78 is 0.633. The van der Waals surface area contributed by atoms with E-state index in [1.807, 2.05) is 0 Å². The average molecular weight is 264 g/mol. The van der Waals surface area contributed by atoms with Gasteiger partial charge in [-0.2, -0.15) is 0 Å². The molecule has 1 fully saturated rings. The summed E-state index contributed by atoms with van der Waals surface area (Å²) in [5, 5.41) is 3.01. The molecule has 1 saturated carbocycles. The summed E-state index contributed by atoms with van der Waals surface area (Å²) in [6.45, 7) is 0. The maximum Gasteiger partial charge on any atom is 0.261 e. The lowest BCUT2D eigenvalue weighted by atomic mass is 10.2. The van der Waals surface area contributed by atoms with Crippen LogP contribution in [0.2, 0.25) is 4.34 Å². The van der Waals surface area contributed by atoms with E-state index in [2.05, 4.69) is 5.32 Å². The van der Waals surface area contributed by atoms with E-state index < -0.39 is 0 Å². The van der Waals surface area contributed by atoms with Crippen LogP contribution in [0.25, 0.3) is 0 Å². The van der Waals surface area contributed by atoms with Crippen LogP contribution in [0.5, 0.6) is 0 Å². The summed E-state index contributed by atoms with van der Waals surface area (Å²) in [6, 6.07) is 3.58. The highest BCUT2D eigenvalue weighted by atomic mass is 35.5. The summed E-state index contributed by atoms with van der Waals surface area (Å²) >= 11 is 13.1. The molecule has 0 radical (unpaired) electrons. The van der Waals surface area contributed by atoms with Gasteiger partial charge in [0.05, 0.1) is 14.6 Å². The first-order chi connectivity index (χ1) is 7.16. The molecule has 1 aliphatic rings. The van der Waals surface area contributed by atoms with Crippen molar-refractivity contribution in [3.05, 3.63) is 21.3 Å². The Morgan fingerprint density at radius 2 is 2.27 bits per heavy atom. The van der Waals surface area contributed by atoms with Gasteiger partial charge in [-0.25, -0.2) is 0 Å². The largest absolute Gasteiger partial charge is 0.347 e. The molecule has 2 rings (SSSR count). The van der Waals surface area contributed by atoms with Crippen molar-refractivity contribution in [2.75, 3.05) is 0 Å². The predicted octanol–water partition coefficient (Wildman–Crippen LogP) is 3.29. The highest BCUT2D eigenvalue weighted by molar-refractivity contribution is 7.17. The second kappa shape index (κ2) is 4.73. The molecule has 0 aromatic carbocycles. The molecule has 1 heterocycles. The van der Waals surface area contributed by atoms with Crippen molar-refractivity contribution in [1.29, 1.82) is 0 Å². The van der Waals surface area contributed by atoms with Gasteiger partial charge in [0.25, 0.3) is 5.91 Å². The molecule has 2 atom stereocenters. The fourth-order valence-electron chi connectivity index (χ4n) is 1.75. The van der Waals surface area contributed by atoms with E-state index in [-0.39, 0.29) is 17.3 Å². The minimum atomic E-state index is -0.0653. The van der Waals surface area contributed by atoms with Gasteiger partial charge in [-0.15, -0.1) is 22.9 Å². The van der Waals surface area contributed by atoms with E-state index >= 15 is 0 Å². The Bertz CT molecular complexity index is 366. The van der Waals surface area contributed by atoms with Crippen LogP contribution in [0.3, 0.4) is 0 Å². The number of nitrogens with one attached hydrogen (secondary N) is 1. The first-order valence-electron chi connectivity index (χ1n) is 4.87. The Morgan fingerprint density at radius 3 is 2.80 bits per heavy atom. The third-order valence-corrected chi connectivity index (χ3v) is 4.30. The van der Waals surface area contributed by atoms with E-state index in [4.69, 9.17) is 23.2 Å². The van der Waals surface area contributed by atoms with Crippen LogP contribution in [0.4, 0.5) is 0 Å². The lowest BCUT2D eigenvalue weighted by Crippen LogP contribution is -2.37. The van der Waals surface area contributed by atoms with Crippen molar-refractivity contribution in [2.45, 2.75) is 30.7 Å². The van der Waals surface area contributed by atoms with E-state index in [1.165, 1.54) is 11.3 Å². The normalized spacial score (nSPS) is 25.5. The number of thiophene rings is 1. The first-order valence-corrected chi connectivity index (χ1v) is 6.50. The molecule has 0 aliphatic heterocycles. The molecule has 2 nitrogen and oxygen atoms in total. The Morgan fingerprint density at radius 1 is 1.47 bits per heavy atom. The zero-order valence-electron chi connectivity index (χ0n) is 8.00. The third-order valence-electron chi connectivity index (χ3n) is 2.55. The molecule has 1 N–H and O–H groups in total. The zero-order valence-corrected chi connectivity index (χ0v) is 10.3. The Labute approximate surface area is 103 Å². The minimum absolute atomic E-state index is 0.0653. The smallest absolute Gasteiger partial charge is 0.261 e. The average Bonchev–Trinajstić information content (AvgIpc) is 2.77. The highest BCUT2D eigenvalue weighted by Crippen LogP contribution is 2.26. The Balaban J connectivity index is 1.97. The van der Waals surface area contributed by atoms with E-state index in [9.17, 15) is 4.79 Å². The number of carbonyl (C=O) groups is 1. The van der Waals surface area contributed by atoms with Crippen LogP contribution < -0.4 is 5.32 Å². The predicted molar refractivity (Wildman–Crippen MR) is 64.1 cm³/mol. The van der Waals surface area contributed by atoms with E-state index in [0.29, 0.717) is 9.21 Å². The summed E-state index contributed by atoms with van der Waals surface area (Å²) in [6.07, 6.45) is 3.04. The summed E-state index contributed by atoms with van der Waals surface area (Å²) in [5.74, 6) is -0.0653. The maximum atomic E-state index is 11.7. The second-order valence-corrected chi connectivity index (χ2v) is 5.91. The standard InChI is InChI=1S/C10H11Cl2NOS/c11-6-2-1-3-7(6)13-10(14)8-4-5-9(12)15-8/h4-7H,1-3H2,(H,13,14). The van der Waals surface area contributed by atoms with E-state index in [1.54, 1.807) is 12.1 Å². The highest BCUT2D eigenvalue weighted by Gasteiger charge is 2.27. The topological polar surface area (TPSA) is 29.1 Å². The number of rotatable bonds is 2. The van der Waals surface area contributed by atoms with Crippen LogP contribution in [0.15, 0.2) is 12.1 Å². The SMILES string of the molecule is O=C(NC1CCCC1Cl)c1ccc(Cl)s1. The number of carbonyl (C=O) groups excluding carboxylic acids is 1. The van der Waals surface area contributed by atoms with Crippen molar-refractivity contribution in [2.24, 2.45) is 0 Å². The molecule has 1 aromatic rings. The molecule has 2 unspecified atom stereocenters. The lowest BCUT2D eigenvalue weighted by molar-refractivity contribution is 0.0942. The lowest BCUT2D eigenvalue weighted by Gasteiger charge is -2.14. The van der Waals surface area contributed by atoms with Crippen LogP contribution >= 0.6 is 34.5 Å². The molecule has 15 heavy (non-hydrogen) atoms. The molecular weight excluding hydrogens is 253 g/mol. The number of hydrogen-bond acceptors (Lipinski definition) is 2. The molecule has 0 spiro atoms. The van der Waals surface area contributed by atoms with Gasteiger partial charge in [0, 0.05) is 6.04 Å². The van der Waals surface area contributed by atoms with Crippen molar-refractivity contribution >= 4 is 40.4 Å². The molecule has 5 heteroatoms. The minimum Gasteiger partial charge on any atom is -0.347 e. The summed E-state index contributed by atoms with van der Waals surface area (Å²) in [7, 11) is 0. The number of hydrogen-bond donors (Lipinski definition) is 1. The molecule has 1 amide bonds. The fourth-order valence-corrected chi connectivity index (χ4v) is 3.04. The van der Waals surface area contributed by atoms with Crippen LogP contribution in [0.1, 0.15) is 28.9 Å². The van der Waals surface area contributed by atoms with Crippen LogP contribution in [-0.2, 0) is 0 Å². The maximum absolute atomic E-state index is 11.7. The van der Waals surface area contributed by atoms with Crippen molar-refractivity contribution < 1.29 is 4.79 Å². The first kappa shape index (κ1) is 11.2. The Kier molecular flexibility index (Phi) is 3.54. The monoisotopic (exact) mass is 263 g/mol. The summed E-state index contributed by atoms with van der Waals surface area (Å²) in [5.41, 5.74) is 0. The quantitative estimate of drug-likeness (QED) is 0.816. The van der Waals surface area contributed by atoms with Crippen molar-refractivity contribution in [3.8, 4) is 0 Å². The fraction of sp³-hybridized carbons (Fsp3) is 0.500. The van der Waals surface area contributed by atoms with Gasteiger partial charge in [-0.3, -0.25) is 4.79 Å². The van der Waals surface area contributed by atoms with Gasteiger partial charge in [-0.05, 0) is 31.4 Å². The zero-order chi connectivity index (χ0) is 10.8. The van der Waals surface area contributed by atoms with Gasteiger partial charge >= 0.3 is 0 Å². The van der Waals surface area contributed by atoms with E-state index in [0.717, 1.165) is 19.3 Å². The van der Waals surface area contributed by atoms with Crippen molar-refractivity contribution in [3.63, 3.8) is 0 Å². The molecule has 82 valence electrons. The molecule has 0 bridgehead atoms. The third kappa shape index (κ3) is 2.65. The number of halogens is 2. The van der Waals surface area contributed by atoms with Gasteiger partial charge in [0.1, 0.15) is 0 Å². The molecule has 0 saturated heterocycles.